The number of rotatable bonds is 6. The molecule has 0 amide bonds. The number of fused-ring (bicyclic) bond motifs is 1. The van der Waals surface area contributed by atoms with Crippen molar-refractivity contribution in [3.63, 3.8) is 0 Å². The van der Waals surface area contributed by atoms with Crippen LogP contribution in [0.15, 0.2) is 43.0 Å². The molecule has 6 rings (SSSR count). The Hall–Kier alpha value is -3.59. The van der Waals surface area contributed by atoms with E-state index in [2.05, 4.69) is 44.4 Å². The zero-order valence-corrected chi connectivity index (χ0v) is 19.6. The maximum Gasteiger partial charge on any atom is 0.162 e. The predicted molar refractivity (Wildman–Crippen MR) is 134 cm³/mol. The van der Waals surface area contributed by atoms with Crippen LogP contribution in [0.25, 0.3) is 22.3 Å². The standard InChI is InChI=1S/C25H29N9/c1-16(2)34-10-6-21(32-34)30-22-13-18(5-7-28-22)24-29-20-15-27-14-19(17-3-4-17)23(20)25(31-24)33-11-8-26-9-12-33/h5-7,10,13-17,26H,3-4,8-9,11-12H2,1-2H3,(H,28,30,32). The van der Waals surface area contributed by atoms with Crippen molar-refractivity contribution in [3.8, 4) is 11.4 Å². The van der Waals surface area contributed by atoms with E-state index in [1.54, 1.807) is 6.20 Å². The second-order valence-corrected chi connectivity index (χ2v) is 9.33. The average molecular weight is 456 g/mol. The van der Waals surface area contributed by atoms with Crippen LogP contribution in [0, 0.1) is 0 Å². The molecular weight excluding hydrogens is 426 g/mol. The number of piperazine rings is 1. The van der Waals surface area contributed by atoms with Crippen LogP contribution in [0.5, 0.6) is 0 Å². The van der Waals surface area contributed by atoms with E-state index < -0.39 is 0 Å². The highest BCUT2D eigenvalue weighted by atomic mass is 15.3. The van der Waals surface area contributed by atoms with Crippen LogP contribution in [0.3, 0.4) is 0 Å². The van der Waals surface area contributed by atoms with E-state index >= 15 is 0 Å². The Balaban J connectivity index is 1.40. The number of aromatic nitrogens is 6. The first-order valence-electron chi connectivity index (χ1n) is 12.1. The summed E-state index contributed by atoms with van der Waals surface area (Å²) >= 11 is 0. The summed E-state index contributed by atoms with van der Waals surface area (Å²) in [5.74, 6) is 3.76. The third kappa shape index (κ3) is 4.07. The van der Waals surface area contributed by atoms with Crippen molar-refractivity contribution in [2.75, 3.05) is 36.4 Å². The molecule has 9 nitrogen and oxygen atoms in total. The van der Waals surface area contributed by atoms with Gasteiger partial charge in [-0.05, 0) is 50.3 Å². The van der Waals surface area contributed by atoms with Crippen molar-refractivity contribution in [1.82, 2.24) is 35.0 Å². The molecule has 2 aliphatic rings. The first-order chi connectivity index (χ1) is 16.7. The lowest BCUT2D eigenvalue weighted by atomic mass is 10.1. The molecule has 0 unspecified atom stereocenters. The molecule has 0 atom stereocenters. The molecule has 9 heteroatoms. The van der Waals surface area contributed by atoms with Gasteiger partial charge in [0.2, 0.25) is 0 Å². The van der Waals surface area contributed by atoms with Gasteiger partial charge in [0.25, 0.3) is 0 Å². The summed E-state index contributed by atoms with van der Waals surface area (Å²) in [7, 11) is 0. The molecule has 4 aromatic rings. The highest BCUT2D eigenvalue weighted by Gasteiger charge is 2.29. The molecule has 1 aliphatic carbocycles. The summed E-state index contributed by atoms with van der Waals surface area (Å²) in [5, 5.41) is 12.5. The van der Waals surface area contributed by atoms with Gasteiger partial charge in [0.1, 0.15) is 11.6 Å². The Bertz CT molecular complexity index is 1320. The normalized spacial score (nSPS) is 16.4. The predicted octanol–water partition coefficient (Wildman–Crippen LogP) is 3.89. The van der Waals surface area contributed by atoms with Gasteiger partial charge in [-0.2, -0.15) is 5.10 Å². The van der Waals surface area contributed by atoms with Crippen LogP contribution in [-0.2, 0) is 0 Å². The van der Waals surface area contributed by atoms with Crippen LogP contribution >= 0.6 is 0 Å². The number of pyridine rings is 2. The maximum absolute atomic E-state index is 5.13. The number of hydrogen-bond donors (Lipinski definition) is 2. The van der Waals surface area contributed by atoms with Crippen LogP contribution in [0.4, 0.5) is 17.5 Å². The van der Waals surface area contributed by atoms with Crippen molar-refractivity contribution in [1.29, 1.82) is 0 Å². The molecule has 2 N–H and O–H groups in total. The molecule has 1 saturated carbocycles. The fourth-order valence-electron chi connectivity index (χ4n) is 4.49. The number of nitrogens with one attached hydrogen (secondary N) is 2. The monoisotopic (exact) mass is 455 g/mol. The van der Waals surface area contributed by atoms with Gasteiger partial charge in [-0.15, -0.1) is 0 Å². The zero-order valence-electron chi connectivity index (χ0n) is 19.6. The van der Waals surface area contributed by atoms with E-state index in [1.807, 2.05) is 41.5 Å². The Labute approximate surface area is 198 Å². The molecule has 2 fully saturated rings. The molecule has 1 aliphatic heterocycles. The summed E-state index contributed by atoms with van der Waals surface area (Å²) in [6.07, 6.45) is 10.1. The molecule has 0 bridgehead atoms. The quantitative estimate of drug-likeness (QED) is 0.452. The minimum absolute atomic E-state index is 0.304. The van der Waals surface area contributed by atoms with Crippen LogP contribution in [-0.4, -0.2) is 55.9 Å². The van der Waals surface area contributed by atoms with Gasteiger partial charge in [0.15, 0.2) is 11.6 Å². The molecule has 174 valence electrons. The summed E-state index contributed by atoms with van der Waals surface area (Å²) in [4.78, 5) is 21.5. The van der Waals surface area contributed by atoms with Crippen molar-refractivity contribution in [2.24, 2.45) is 0 Å². The Morgan fingerprint density at radius 2 is 1.91 bits per heavy atom. The van der Waals surface area contributed by atoms with Gasteiger partial charge in [-0.3, -0.25) is 9.67 Å². The number of nitrogens with zero attached hydrogens (tertiary/aromatic N) is 7. The van der Waals surface area contributed by atoms with Gasteiger partial charge in [-0.1, -0.05) is 0 Å². The molecule has 1 saturated heterocycles. The Morgan fingerprint density at radius 3 is 2.68 bits per heavy atom. The van der Waals surface area contributed by atoms with Gasteiger partial charge in [-0.25, -0.2) is 15.0 Å². The lowest BCUT2D eigenvalue weighted by Crippen LogP contribution is -2.44. The van der Waals surface area contributed by atoms with Gasteiger partial charge in [0.05, 0.1) is 11.7 Å². The molecule has 0 aromatic carbocycles. The molecule has 34 heavy (non-hydrogen) atoms. The lowest BCUT2D eigenvalue weighted by Gasteiger charge is -2.30. The third-order valence-electron chi connectivity index (χ3n) is 6.46. The molecule has 5 heterocycles. The van der Waals surface area contributed by atoms with Gasteiger partial charge in [0, 0.05) is 67.8 Å². The van der Waals surface area contributed by atoms with E-state index in [0.29, 0.717) is 23.6 Å². The second kappa shape index (κ2) is 8.64. The minimum atomic E-state index is 0.304. The molecule has 0 radical (unpaired) electrons. The van der Waals surface area contributed by atoms with E-state index in [4.69, 9.17) is 9.97 Å². The number of hydrogen-bond acceptors (Lipinski definition) is 8. The second-order valence-electron chi connectivity index (χ2n) is 9.33. The van der Waals surface area contributed by atoms with E-state index in [9.17, 15) is 0 Å². The molecule has 0 spiro atoms. The maximum atomic E-state index is 5.13. The topological polar surface area (TPSA) is 96.7 Å². The Morgan fingerprint density at radius 1 is 1.06 bits per heavy atom. The zero-order chi connectivity index (χ0) is 23.1. The first kappa shape index (κ1) is 21.0. The molecular formula is C25H29N9. The summed E-state index contributed by atoms with van der Waals surface area (Å²) in [6, 6.07) is 6.20. The van der Waals surface area contributed by atoms with Crippen LogP contribution in [0.2, 0.25) is 0 Å². The highest BCUT2D eigenvalue weighted by Crippen LogP contribution is 2.44. The lowest BCUT2D eigenvalue weighted by molar-refractivity contribution is 0.534. The van der Waals surface area contributed by atoms with Crippen molar-refractivity contribution in [2.45, 2.75) is 38.6 Å². The van der Waals surface area contributed by atoms with Crippen molar-refractivity contribution in [3.05, 3.63) is 48.5 Å². The van der Waals surface area contributed by atoms with Gasteiger partial charge >= 0.3 is 0 Å². The third-order valence-corrected chi connectivity index (χ3v) is 6.46. The SMILES string of the molecule is CC(C)n1ccc(Nc2cc(-c3nc(N4CCNCC4)c4c(C5CC5)cncc4n3)ccn2)n1. The largest absolute Gasteiger partial charge is 0.353 e. The summed E-state index contributed by atoms with van der Waals surface area (Å²) in [6.45, 7) is 7.98. The van der Waals surface area contributed by atoms with E-state index in [0.717, 1.165) is 54.3 Å². The van der Waals surface area contributed by atoms with E-state index in [-0.39, 0.29) is 0 Å². The van der Waals surface area contributed by atoms with E-state index in [1.165, 1.54) is 18.4 Å². The fraction of sp³-hybridized carbons (Fsp3) is 0.400. The average Bonchev–Trinajstić information content (AvgIpc) is 3.61. The van der Waals surface area contributed by atoms with Gasteiger partial charge < -0.3 is 15.5 Å². The smallest absolute Gasteiger partial charge is 0.162 e. The number of anilines is 3. The van der Waals surface area contributed by atoms with Crippen LogP contribution < -0.4 is 15.5 Å². The Kier molecular flexibility index (Phi) is 5.33. The van der Waals surface area contributed by atoms with Crippen molar-refractivity contribution < 1.29 is 0 Å². The molecule has 4 aromatic heterocycles. The van der Waals surface area contributed by atoms with Crippen LogP contribution in [0.1, 0.15) is 44.2 Å². The first-order valence-corrected chi connectivity index (χ1v) is 12.1. The summed E-state index contributed by atoms with van der Waals surface area (Å²) < 4.78 is 1.92. The summed E-state index contributed by atoms with van der Waals surface area (Å²) in [5.41, 5.74) is 3.11. The van der Waals surface area contributed by atoms with Crippen molar-refractivity contribution >= 4 is 28.4 Å². The minimum Gasteiger partial charge on any atom is -0.353 e. The highest BCUT2D eigenvalue weighted by molar-refractivity contribution is 5.94. The fourth-order valence-corrected chi connectivity index (χ4v) is 4.49.